The number of carbonyl (C=O) groups is 1. The molecule has 0 saturated carbocycles. The summed E-state index contributed by atoms with van der Waals surface area (Å²) < 4.78 is 18.4. The molecule has 0 aliphatic rings. The smallest absolute Gasteiger partial charge is 0.261 e. The van der Waals surface area contributed by atoms with Crippen LogP contribution >= 0.6 is 11.3 Å². The van der Waals surface area contributed by atoms with Gasteiger partial charge in [-0.2, -0.15) is 0 Å². The second kappa shape index (κ2) is 7.84. The molecule has 0 bridgehead atoms. The van der Waals surface area contributed by atoms with Crippen LogP contribution in [0.3, 0.4) is 0 Å². The molecule has 1 heterocycles. The standard InChI is InChI=1S/C15H18FN3O2S/c1-3-4-5-6-13-18-19-15(22-13)17-14(20)11-9-10(16)7-8-12(11)21-2/h7-9H,3-6H2,1-2H3,(H,17,19,20). The van der Waals surface area contributed by atoms with Gasteiger partial charge in [-0.05, 0) is 24.6 Å². The Hall–Kier alpha value is -2.02. The van der Waals surface area contributed by atoms with Gasteiger partial charge < -0.3 is 4.74 Å². The van der Waals surface area contributed by atoms with Gasteiger partial charge in [0, 0.05) is 6.42 Å². The van der Waals surface area contributed by atoms with Crippen LogP contribution in [-0.2, 0) is 6.42 Å². The van der Waals surface area contributed by atoms with Crippen molar-refractivity contribution >= 4 is 22.4 Å². The van der Waals surface area contributed by atoms with Crippen LogP contribution in [0.5, 0.6) is 5.75 Å². The van der Waals surface area contributed by atoms with E-state index in [0.717, 1.165) is 36.8 Å². The number of aryl methyl sites for hydroxylation is 1. The molecule has 2 aromatic rings. The summed E-state index contributed by atoms with van der Waals surface area (Å²) in [6.45, 7) is 2.14. The zero-order chi connectivity index (χ0) is 15.9. The average Bonchev–Trinajstić information content (AvgIpc) is 2.95. The van der Waals surface area contributed by atoms with Crippen molar-refractivity contribution in [3.05, 3.63) is 34.6 Å². The molecule has 7 heteroatoms. The predicted molar refractivity (Wildman–Crippen MR) is 84.0 cm³/mol. The molecular formula is C15H18FN3O2S. The molecule has 0 aliphatic heterocycles. The van der Waals surface area contributed by atoms with Gasteiger partial charge in [0.05, 0.1) is 12.7 Å². The van der Waals surface area contributed by atoms with Gasteiger partial charge in [-0.1, -0.05) is 31.1 Å². The minimum atomic E-state index is -0.497. The number of nitrogens with zero attached hydrogens (tertiary/aromatic N) is 2. The third kappa shape index (κ3) is 4.24. The van der Waals surface area contributed by atoms with E-state index in [9.17, 15) is 9.18 Å². The highest BCUT2D eigenvalue weighted by molar-refractivity contribution is 7.15. The van der Waals surface area contributed by atoms with E-state index in [1.165, 1.54) is 30.6 Å². The van der Waals surface area contributed by atoms with E-state index >= 15 is 0 Å². The lowest BCUT2D eigenvalue weighted by Gasteiger charge is -2.07. The number of amides is 1. The number of rotatable bonds is 7. The summed E-state index contributed by atoms with van der Waals surface area (Å²) in [5.74, 6) is -0.650. The van der Waals surface area contributed by atoms with E-state index in [0.29, 0.717) is 10.9 Å². The van der Waals surface area contributed by atoms with Crippen molar-refractivity contribution in [1.82, 2.24) is 10.2 Å². The van der Waals surface area contributed by atoms with Gasteiger partial charge >= 0.3 is 0 Å². The van der Waals surface area contributed by atoms with Gasteiger partial charge in [-0.15, -0.1) is 10.2 Å². The van der Waals surface area contributed by atoms with E-state index in [4.69, 9.17) is 4.74 Å². The number of carbonyl (C=O) groups excluding carboxylic acids is 1. The SMILES string of the molecule is CCCCCc1nnc(NC(=O)c2cc(F)ccc2OC)s1. The molecule has 0 aliphatic carbocycles. The van der Waals surface area contributed by atoms with Crippen LogP contribution in [0.4, 0.5) is 9.52 Å². The van der Waals surface area contributed by atoms with Crippen LogP contribution < -0.4 is 10.1 Å². The van der Waals surface area contributed by atoms with Crippen molar-refractivity contribution in [3.8, 4) is 5.75 Å². The number of nitrogens with one attached hydrogen (secondary N) is 1. The first-order valence-electron chi connectivity index (χ1n) is 7.11. The molecule has 2 rings (SSSR count). The molecule has 118 valence electrons. The monoisotopic (exact) mass is 323 g/mol. The summed E-state index contributed by atoms with van der Waals surface area (Å²) in [5.41, 5.74) is 0.130. The number of anilines is 1. The average molecular weight is 323 g/mol. The number of halogens is 1. The van der Waals surface area contributed by atoms with Crippen LogP contribution in [-0.4, -0.2) is 23.2 Å². The van der Waals surface area contributed by atoms with Gasteiger partial charge in [0.1, 0.15) is 16.6 Å². The lowest BCUT2D eigenvalue weighted by atomic mass is 10.2. The number of ether oxygens (including phenoxy) is 1. The highest BCUT2D eigenvalue weighted by atomic mass is 32.1. The molecular weight excluding hydrogens is 305 g/mol. The van der Waals surface area contributed by atoms with Crippen molar-refractivity contribution in [1.29, 1.82) is 0 Å². The zero-order valence-electron chi connectivity index (χ0n) is 12.6. The largest absolute Gasteiger partial charge is 0.496 e. The number of aromatic nitrogens is 2. The van der Waals surface area contributed by atoms with Gasteiger partial charge in [0.15, 0.2) is 0 Å². The van der Waals surface area contributed by atoms with E-state index in [1.807, 2.05) is 0 Å². The highest BCUT2D eigenvalue weighted by Crippen LogP contribution is 2.22. The third-order valence-electron chi connectivity index (χ3n) is 3.09. The number of methoxy groups -OCH3 is 1. The number of unbranched alkanes of at least 4 members (excludes halogenated alkanes) is 2. The van der Waals surface area contributed by atoms with Gasteiger partial charge in [0.2, 0.25) is 5.13 Å². The van der Waals surface area contributed by atoms with Crippen molar-refractivity contribution < 1.29 is 13.9 Å². The van der Waals surface area contributed by atoms with Crippen LogP contribution in [0.15, 0.2) is 18.2 Å². The fraction of sp³-hybridized carbons (Fsp3) is 0.400. The van der Waals surface area contributed by atoms with Crippen LogP contribution in [0.2, 0.25) is 0 Å². The van der Waals surface area contributed by atoms with E-state index in [-0.39, 0.29) is 5.56 Å². The van der Waals surface area contributed by atoms with Gasteiger partial charge in [-0.3, -0.25) is 10.1 Å². The summed E-state index contributed by atoms with van der Waals surface area (Å²) in [7, 11) is 1.43. The van der Waals surface area contributed by atoms with Crippen molar-refractivity contribution in [2.75, 3.05) is 12.4 Å². The van der Waals surface area contributed by atoms with Crippen LogP contribution in [0.25, 0.3) is 0 Å². The van der Waals surface area contributed by atoms with Crippen molar-refractivity contribution in [3.63, 3.8) is 0 Å². The Morgan fingerprint density at radius 1 is 1.36 bits per heavy atom. The van der Waals surface area contributed by atoms with Crippen LogP contribution in [0.1, 0.15) is 41.6 Å². The molecule has 1 aromatic carbocycles. The van der Waals surface area contributed by atoms with Crippen molar-refractivity contribution in [2.45, 2.75) is 32.6 Å². The lowest BCUT2D eigenvalue weighted by Crippen LogP contribution is -2.13. The molecule has 0 fully saturated rings. The van der Waals surface area contributed by atoms with Crippen LogP contribution in [0, 0.1) is 5.82 Å². The number of hydrogen-bond donors (Lipinski definition) is 1. The maximum atomic E-state index is 13.3. The zero-order valence-corrected chi connectivity index (χ0v) is 13.4. The first-order chi connectivity index (χ1) is 10.6. The molecule has 0 unspecified atom stereocenters. The Balaban J connectivity index is 2.04. The molecule has 0 atom stereocenters. The number of benzene rings is 1. The topological polar surface area (TPSA) is 64.1 Å². The Morgan fingerprint density at radius 3 is 2.91 bits per heavy atom. The molecule has 22 heavy (non-hydrogen) atoms. The summed E-state index contributed by atoms with van der Waals surface area (Å²) in [6.07, 6.45) is 4.19. The molecule has 0 spiro atoms. The first kappa shape index (κ1) is 16.4. The fourth-order valence-electron chi connectivity index (χ4n) is 1.95. The summed E-state index contributed by atoms with van der Waals surface area (Å²) in [4.78, 5) is 12.2. The molecule has 1 aromatic heterocycles. The maximum absolute atomic E-state index is 13.3. The Labute approximate surface area is 132 Å². The minimum absolute atomic E-state index is 0.130. The normalized spacial score (nSPS) is 10.5. The Kier molecular flexibility index (Phi) is 5.83. The minimum Gasteiger partial charge on any atom is -0.496 e. The Bertz CT molecular complexity index is 645. The summed E-state index contributed by atoms with van der Waals surface area (Å²) in [5, 5.41) is 11.9. The third-order valence-corrected chi connectivity index (χ3v) is 3.99. The van der Waals surface area contributed by atoms with Gasteiger partial charge in [-0.25, -0.2) is 4.39 Å². The van der Waals surface area contributed by atoms with Crippen molar-refractivity contribution in [2.24, 2.45) is 0 Å². The molecule has 5 nitrogen and oxygen atoms in total. The molecule has 0 radical (unpaired) electrons. The number of hydrogen-bond acceptors (Lipinski definition) is 5. The molecule has 1 amide bonds. The highest BCUT2D eigenvalue weighted by Gasteiger charge is 2.15. The summed E-state index contributed by atoms with van der Waals surface area (Å²) >= 11 is 1.34. The molecule has 1 N–H and O–H groups in total. The van der Waals surface area contributed by atoms with E-state index in [1.54, 1.807) is 0 Å². The summed E-state index contributed by atoms with van der Waals surface area (Å²) in [6, 6.07) is 3.80. The maximum Gasteiger partial charge on any atom is 0.261 e. The fourth-order valence-corrected chi connectivity index (χ4v) is 2.73. The lowest BCUT2D eigenvalue weighted by molar-refractivity contribution is 0.102. The second-order valence-corrected chi connectivity index (χ2v) is 5.82. The quantitative estimate of drug-likeness (QED) is 0.790. The second-order valence-electron chi connectivity index (χ2n) is 4.76. The first-order valence-corrected chi connectivity index (χ1v) is 7.93. The predicted octanol–water partition coefficient (Wildman–Crippen LogP) is 3.67. The van der Waals surface area contributed by atoms with E-state index < -0.39 is 11.7 Å². The van der Waals surface area contributed by atoms with Gasteiger partial charge in [0.25, 0.3) is 5.91 Å². The molecule has 0 saturated heterocycles. The Morgan fingerprint density at radius 2 is 2.18 bits per heavy atom. The van der Waals surface area contributed by atoms with E-state index in [2.05, 4.69) is 22.4 Å².